The van der Waals surface area contributed by atoms with E-state index in [1.165, 1.54) is 6.21 Å². The Kier molecular flexibility index (Phi) is 4.20. The molecule has 0 saturated carbocycles. The Morgan fingerprint density at radius 2 is 2.14 bits per heavy atom. The van der Waals surface area contributed by atoms with Gasteiger partial charge in [0.2, 0.25) is 5.91 Å². The Labute approximate surface area is 82.2 Å². The van der Waals surface area contributed by atoms with Gasteiger partial charge in [-0.2, -0.15) is 0 Å². The quantitative estimate of drug-likeness (QED) is 0.421. The van der Waals surface area contributed by atoms with Gasteiger partial charge >= 0.3 is 0 Å². The van der Waals surface area contributed by atoms with Crippen molar-refractivity contribution >= 4 is 12.1 Å². The fourth-order valence-corrected chi connectivity index (χ4v) is 1.04. The maximum Gasteiger partial charge on any atom is 0.224 e. The van der Waals surface area contributed by atoms with Crippen LogP contribution in [0, 0.1) is 0 Å². The smallest absolute Gasteiger partial charge is 0.224 e. The average Bonchev–Trinajstić information content (AvgIpc) is 2.20. The molecule has 0 unspecified atom stereocenters. The van der Waals surface area contributed by atoms with Crippen molar-refractivity contribution in [3.8, 4) is 0 Å². The highest BCUT2D eigenvalue weighted by Gasteiger charge is 2.00. The normalized spacial score (nSPS) is 10.3. The van der Waals surface area contributed by atoms with Crippen LogP contribution in [0.3, 0.4) is 0 Å². The highest BCUT2D eigenvalue weighted by Crippen LogP contribution is 1.98. The van der Waals surface area contributed by atoms with Gasteiger partial charge in [0.25, 0.3) is 0 Å². The lowest BCUT2D eigenvalue weighted by Crippen LogP contribution is -2.26. The molecule has 0 atom stereocenters. The summed E-state index contributed by atoms with van der Waals surface area (Å²) in [5, 5.41) is 13.4. The maximum absolute atomic E-state index is 11.2. The van der Waals surface area contributed by atoms with Crippen molar-refractivity contribution < 1.29 is 10.0 Å². The molecule has 0 aliphatic carbocycles. The molecule has 1 aromatic rings. The van der Waals surface area contributed by atoms with Crippen LogP contribution in [0.2, 0.25) is 0 Å². The molecule has 1 aromatic carbocycles. The summed E-state index contributed by atoms with van der Waals surface area (Å²) in [5.41, 5.74) is 0.964. The van der Waals surface area contributed by atoms with Gasteiger partial charge in [0.05, 0.1) is 19.2 Å². The van der Waals surface area contributed by atoms with Crippen LogP contribution in [0.1, 0.15) is 5.56 Å². The highest BCUT2D eigenvalue weighted by molar-refractivity contribution is 5.80. The maximum atomic E-state index is 11.2. The zero-order valence-electron chi connectivity index (χ0n) is 7.68. The molecule has 0 heterocycles. The second-order valence-corrected chi connectivity index (χ2v) is 2.76. The summed E-state index contributed by atoms with van der Waals surface area (Å²) in [6.45, 7) is 0.252. The van der Waals surface area contributed by atoms with E-state index < -0.39 is 0 Å². The van der Waals surface area contributed by atoms with Crippen molar-refractivity contribution in [3.05, 3.63) is 35.9 Å². The topological polar surface area (TPSA) is 61.7 Å². The largest absolute Gasteiger partial charge is 0.411 e. The molecule has 0 aromatic heterocycles. The summed E-state index contributed by atoms with van der Waals surface area (Å²) in [4.78, 5) is 11.2. The van der Waals surface area contributed by atoms with E-state index in [1.54, 1.807) is 0 Å². The lowest BCUT2D eigenvalue weighted by atomic mass is 10.1. The monoisotopic (exact) mass is 192 g/mol. The van der Waals surface area contributed by atoms with E-state index in [4.69, 9.17) is 5.21 Å². The molecule has 4 nitrogen and oxygen atoms in total. The van der Waals surface area contributed by atoms with Gasteiger partial charge in [0.15, 0.2) is 0 Å². The zero-order valence-corrected chi connectivity index (χ0v) is 7.68. The molecular weight excluding hydrogens is 180 g/mol. The third-order valence-electron chi connectivity index (χ3n) is 1.68. The zero-order chi connectivity index (χ0) is 10.2. The average molecular weight is 192 g/mol. The van der Waals surface area contributed by atoms with Crippen LogP contribution in [0.4, 0.5) is 0 Å². The molecule has 1 amide bonds. The van der Waals surface area contributed by atoms with E-state index in [1.807, 2.05) is 30.3 Å². The number of benzene rings is 1. The molecule has 0 aliphatic rings. The number of carbonyl (C=O) groups is 1. The summed E-state index contributed by atoms with van der Waals surface area (Å²) in [6.07, 6.45) is 1.57. The van der Waals surface area contributed by atoms with Crippen molar-refractivity contribution in [1.29, 1.82) is 0 Å². The molecule has 2 N–H and O–H groups in total. The fourth-order valence-electron chi connectivity index (χ4n) is 1.04. The summed E-state index contributed by atoms with van der Waals surface area (Å²) in [7, 11) is 0. The first-order valence-corrected chi connectivity index (χ1v) is 4.29. The first-order chi connectivity index (χ1) is 6.83. The summed E-state index contributed by atoms with van der Waals surface area (Å²) in [6, 6.07) is 9.45. The van der Waals surface area contributed by atoms with Crippen molar-refractivity contribution in [3.63, 3.8) is 0 Å². The SMILES string of the molecule is O=C(Cc1ccccc1)NC/C=N/O. The Bertz CT molecular complexity index is 309. The fraction of sp³-hybridized carbons (Fsp3) is 0.200. The molecule has 0 saturated heterocycles. The number of hydrogen-bond acceptors (Lipinski definition) is 3. The van der Waals surface area contributed by atoms with Crippen LogP contribution in [0.5, 0.6) is 0 Å². The molecule has 4 heteroatoms. The second kappa shape index (κ2) is 5.75. The molecule has 0 radical (unpaired) electrons. The van der Waals surface area contributed by atoms with E-state index in [2.05, 4.69) is 10.5 Å². The van der Waals surface area contributed by atoms with E-state index >= 15 is 0 Å². The molecule has 0 fully saturated rings. The van der Waals surface area contributed by atoms with E-state index in [9.17, 15) is 4.79 Å². The number of oxime groups is 1. The molecule has 0 bridgehead atoms. The lowest BCUT2D eigenvalue weighted by Gasteiger charge is -2.01. The molecular formula is C10H12N2O2. The van der Waals surface area contributed by atoms with Crippen LogP contribution < -0.4 is 5.32 Å². The Hall–Kier alpha value is -1.84. The van der Waals surface area contributed by atoms with Crippen molar-refractivity contribution in [2.24, 2.45) is 5.16 Å². The minimum Gasteiger partial charge on any atom is -0.411 e. The molecule has 0 aliphatic heterocycles. The molecule has 74 valence electrons. The third-order valence-corrected chi connectivity index (χ3v) is 1.68. The van der Waals surface area contributed by atoms with Gasteiger partial charge in [-0.3, -0.25) is 4.79 Å². The number of nitrogens with zero attached hydrogens (tertiary/aromatic N) is 1. The molecule has 1 rings (SSSR count). The Morgan fingerprint density at radius 3 is 2.79 bits per heavy atom. The predicted molar refractivity (Wildman–Crippen MR) is 53.4 cm³/mol. The number of amides is 1. The van der Waals surface area contributed by atoms with Crippen LogP contribution in [-0.4, -0.2) is 23.9 Å². The number of rotatable bonds is 4. The van der Waals surface area contributed by atoms with E-state index in [0.717, 1.165) is 5.56 Å². The number of hydrogen-bond donors (Lipinski definition) is 2. The highest BCUT2D eigenvalue weighted by atomic mass is 16.4. The molecule has 14 heavy (non-hydrogen) atoms. The van der Waals surface area contributed by atoms with Crippen LogP contribution >= 0.6 is 0 Å². The third kappa shape index (κ3) is 3.71. The van der Waals surface area contributed by atoms with Crippen LogP contribution in [0.25, 0.3) is 0 Å². The van der Waals surface area contributed by atoms with E-state index in [-0.39, 0.29) is 12.5 Å². The number of nitrogens with one attached hydrogen (secondary N) is 1. The van der Waals surface area contributed by atoms with Gasteiger partial charge in [0.1, 0.15) is 0 Å². The summed E-state index contributed by atoms with van der Waals surface area (Å²) >= 11 is 0. The minimum atomic E-state index is -0.0869. The first kappa shape index (κ1) is 10.2. The van der Waals surface area contributed by atoms with Gasteiger partial charge in [0, 0.05) is 0 Å². The van der Waals surface area contributed by atoms with Crippen LogP contribution in [-0.2, 0) is 11.2 Å². The summed E-state index contributed by atoms with van der Waals surface area (Å²) < 4.78 is 0. The van der Waals surface area contributed by atoms with Crippen molar-refractivity contribution in [2.75, 3.05) is 6.54 Å². The summed E-state index contributed by atoms with van der Waals surface area (Å²) in [5.74, 6) is -0.0869. The minimum absolute atomic E-state index is 0.0869. The Balaban J connectivity index is 2.34. The van der Waals surface area contributed by atoms with Gasteiger partial charge in [-0.25, -0.2) is 0 Å². The molecule has 0 spiro atoms. The predicted octanol–water partition coefficient (Wildman–Crippen LogP) is 0.805. The Morgan fingerprint density at radius 1 is 1.43 bits per heavy atom. The second-order valence-electron chi connectivity index (χ2n) is 2.76. The first-order valence-electron chi connectivity index (χ1n) is 4.29. The standard InChI is InChI=1S/C10H12N2O2/c13-10(11-6-7-12-14)8-9-4-2-1-3-5-9/h1-5,7,14H,6,8H2,(H,11,13)/b12-7+. The van der Waals surface area contributed by atoms with Gasteiger partial charge in [-0.05, 0) is 5.56 Å². The van der Waals surface area contributed by atoms with Gasteiger partial charge in [-0.1, -0.05) is 30.3 Å². The lowest BCUT2D eigenvalue weighted by molar-refractivity contribution is -0.120. The number of carbonyl (C=O) groups excluding carboxylic acids is 1. The van der Waals surface area contributed by atoms with Gasteiger partial charge in [-0.15, -0.1) is 5.16 Å². The van der Waals surface area contributed by atoms with Crippen molar-refractivity contribution in [1.82, 2.24) is 5.32 Å². The van der Waals surface area contributed by atoms with Crippen LogP contribution in [0.15, 0.2) is 35.5 Å². The van der Waals surface area contributed by atoms with E-state index in [0.29, 0.717) is 6.42 Å². The van der Waals surface area contributed by atoms with Gasteiger partial charge < -0.3 is 10.5 Å². The van der Waals surface area contributed by atoms with Crippen molar-refractivity contribution in [2.45, 2.75) is 6.42 Å².